The van der Waals surface area contributed by atoms with Gasteiger partial charge in [-0.1, -0.05) is 0 Å². The van der Waals surface area contributed by atoms with Gasteiger partial charge in [0, 0.05) is 24.2 Å². The van der Waals surface area contributed by atoms with E-state index in [9.17, 15) is 0 Å². The van der Waals surface area contributed by atoms with Gasteiger partial charge in [-0.05, 0) is 62.9 Å². The summed E-state index contributed by atoms with van der Waals surface area (Å²) in [6.45, 7) is 3.76. The highest BCUT2D eigenvalue weighted by Gasteiger charge is 2.34. The molecule has 6 rings (SSSR count). The molecule has 1 saturated carbocycles. The predicted molar refractivity (Wildman–Crippen MR) is 82.6 cm³/mol. The molecule has 3 aliphatic heterocycles. The summed E-state index contributed by atoms with van der Waals surface area (Å²) in [6.07, 6.45) is 5.15. The molecule has 3 saturated heterocycles. The number of rotatable bonds is 3. The van der Waals surface area contributed by atoms with Gasteiger partial charge in [-0.15, -0.1) is 0 Å². The van der Waals surface area contributed by atoms with Crippen molar-refractivity contribution in [1.29, 1.82) is 0 Å². The second kappa shape index (κ2) is 4.47. The maximum absolute atomic E-state index is 5.84. The lowest BCUT2D eigenvalue weighted by Crippen LogP contribution is -2.53. The Kier molecular flexibility index (Phi) is 2.56. The van der Waals surface area contributed by atoms with Crippen molar-refractivity contribution < 1.29 is 4.42 Å². The van der Waals surface area contributed by atoms with Crippen LogP contribution in [0.5, 0.6) is 0 Å². The lowest BCUT2D eigenvalue weighted by molar-refractivity contribution is 0.0975. The van der Waals surface area contributed by atoms with Crippen molar-refractivity contribution in [2.45, 2.75) is 37.6 Å². The van der Waals surface area contributed by atoms with Crippen molar-refractivity contribution in [3.63, 3.8) is 0 Å². The van der Waals surface area contributed by atoms with E-state index in [2.05, 4.69) is 33.4 Å². The summed E-state index contributed by atoms with van der Waals surface area (Å²) in [5, 5.41) is 3.74. The van der Waals surface area contributed by atoms with Gasteiger partial charge in [0.2, 0.25) is 0 Å². The summed E-state index contributed by atoms with van der Waals surface area (Å²) in [7, 11) is 0. The number of nitrogens with zero attached hydrogens (tertiary/aromatic N) is 2. The normalized spacial score (nSPS) is 31.7. The number of hydrogen-bond acceptors (Lipinski definition) is 4. The molecule has 21 heavy (non-hydrogen) atoms. The zero-order valence-corrected chi connectivity index (χ0v) is 12.2. The van der Waals surface area contributed by atoms with E-state index >= 15 is 0 Å². The molecule has 0 spiro atoms. The summed E-state index contributed by atoms with van der Waals surface area (Å²) in [5.41, 5.74) is 3.12. The fourth-order valence-electron chi connectivity index (χ4n) is 3.88. The quantitative estimate of drug-likeness (QED) is 0.939. The Morgan fingerprint density at radius 3 is 2.71 bits per heavy atom. The highest BCUT2D eigenvalue weighted by atomic mass is 16.3. The lowest BCUT2D eigenvalue weighted by atomic mass is 9.84. The molecule has 1 aliphatic carbocycles. The van der Waals surface area contributed by atoms with Gasteiger partial charge in [0.1, 0.15) is 5.52 Å². The minimum atomic E-state index is 0.579. The van der Waals surface area contributed by atoms with Crippen LogP contribution in [-0.4, -0.2) is 35.6 Å². The van der Waals surface area contributed by atoms with Gasteiger partial charge >= 0.3 is 0 Å². The predicted octanol–water partition coefficient (Wildman–Crippen LogP) is 3.21. The van der Waals surface area contributed by atoms with Crippen LogP contribution in [-0.2, 0) is 0 Å². The number of piperidine rings is 3. The number of hydrogen-bond donors (Lipinski definition) is 1. The van der Waals surface area contributed by atoms with Crippen molar-refractivity contribution in [2.24, 2.45) is 5.92 Å². The largest absolute Gasteiger partial charge is 0.440 e. The maximum atomic E-state index is 5.84. The topological polar surface area (TPSA) is 41.3 Å². The van der Waals surface area contributed by atoms with Gasteiger partial charge in [-0.2, -0.15) is 0 Å². The average molecular weight is 283 g/mol. The molecular weight excluding hydrogens is 262 g/mol. The molecule has 4 nitrogen and oxygen atoms in total. The zero-order chi connectivity index (χ0) is 13.8. The van der Waals surface area contributed by atoms with E-state index in [0.29, 0.717) is 12.0 Å². The highest BCUT2D eigenvalue weighted by molar-refractivity contribution is 5.77. The number of nitrogens with one attached hydrogen (secondary N) is 1. The Labute approximate surface area is 124 Å². The standard InChI is InChI=1S/C17H21N3O/c1-2-12(1)17-19-14-9-13(3-4-16(14)21-17)18-15-10-20-7-5-11(15)6-8-20/h3-4,9,11-12,15,18H,1-2,5-8,10H2. The highest BCUT2D eigenvalue weighted by Crippen LogP contribution is 2.40. The maximum Gasteiger partial charge on any atom is 0.198 e. The van der Waals surface area contributed by atoms with Crippen LogP contribution in [0, 0.1) is 5.92 Å². The summed E-state index contributed by atoms with van der Waals surface area (Å²) < 4.78 is 5.84. The molecular formula is C17H21N3O. The van der Waals surface area contributed by atoms with E-state index < -0.39 is 0 Å². The monoisotopic (exact) mass is 283 g/mol. The van der Waals surface area contributed by atoms with Gasteiger partial charge in [0.05, 0.1) is 0 Å². The fraction of sp³-hybridized carbons (Fsp3) is 0.588. The lowest BCUT2D eigenvalue weighted by Gasteiger charge is -2.45. The average Bonchev–Trinajstić information content (AvgIpc) is 3.28. The van der Waals surface area contributed by atoms with E-state index in [1.165, 1.54) is 51.0 Å². The Bertz CT molecular complexity index is 668. The first-order valence-corrected chi connectivity index (χ1v) is 8.24. The van der Waals surface area contributed by atoms with Crippen molar-refractivity contribution >= 4 is 16.8 Å². The first-order chi connectivity index (χ1) is 10.3. The van der Waals surface area contributed by atoms with Gasteiger partial charge < -0.3 is 14.6 Å². The Hall–Kier alpha value is -1.55. The summed E-state index contributed by atoms with van der Waals surface area (Å²) >= 11 is 0. The molecule has 4 heterocycles. The summed E-state index contributed by atoms with van der Waals surface area (Å²) in [5.74, 6) is 2.35. The smallest absolute Gasteiger partial charge is 0.198 e. The number of anilines is 1. The van der Waals surface area contributed by atoms with Gasteiger partial charge in [0.25, 0.3) is 0 Å². The number of fused-ring (bicyclic) bond motifs is 4. The molecule has 4 heteroatoms. The molecule has 2 aromatic rings. The third-order valence-electron chi connectivity index (χ3n) is 5.34. The molecule has 2 bridgehead atoms. The SMILES string of the molecule is c1cc2oc(C3CC3)nc2cc1NC1CN2CCC1CC2. The first-order valence-electron chi connectivity index (χ1n) is 8.24. The second-order valence-electron chi connectivity index (χ2n) is 6.90. The second-order valence-corrected chi connectivity index (χ2v) is 6.90. The van der Waals surface area contributed by atoms with E-state index in [1.54, 1.807) is 0 Å². The van der Waals surface area contributed by atoms with Gasteiger partial charge in [-0.3, -0.25) is 0 Å². The van der Waals surface area contributed by atoms with Crippen LogP contribution in [0.1, 0.15) is 37.5 Å². The molecule has 4 fully saturated rings. The molecule has 4 aliphatic rings. The van der Waals surface area contributed by atoms with Crippen molar-refractivity contribution in [1.82, 2.24) is 9.88 Å². The molecule has 1 aromatic carbocycles. The van der Waals surface area contributed by atoms with Crippen LogP contribution < -0.4 is 5.32 Å². The Morgan fingerprint density at radius 1 is 1.14 bits per heavy atom. The summed E-state index contributed by atoms with van der Waals surface area (Å²) in [6, 6.07) is 6.96. The van der Waals surface area contributed by atoms with Crippen LogP contribution in [0.2, 0.25) is 0 Å². The van der Waals surface area contributed by atoms with E-state index in [1.807, 2.05) is 0 Å². The minimum Gasteiger partial charge on any atom is -0.440 e. The van der Waals surface area contributed by atoms with Crippen LogP contribution in [0.3, 0.4) is 0 Å². The van der Waals surface area contributed by atoms with Crippen LogP contribution in [0.15, 0.2) is 22.6 Å². The Morgan fingerprint density at radius 2 is 2.00 bits per heavy atom. The van der Waals surface area contributed by atoms with Gasteiger partial charge in [-0.25, -0.2) is 4.98 Å². The number of benzene rings is 1. The molecule has 0 radical (unpaired) electrons. The number of aromatic nitrogens is 1. The van der Waals surface area contributed by atoms with Gasteiger partial charge in [0.15, 0.2) is 11.5 Å². The van der Waals surface area contributed by atoms with Crippen LogP contribution in [0.4, 0.5) is 5.69 Å². The fourth-order valence-corrected chi connectivity index (χ4v) is 3.88. The molecule has 110 valence electrons. The molecule has 0 amide bonds. The third-order valence-corrected chi connectivity index (χ3v) is 5.34. The molecule has 1 aromatic heterocycles. The van der Waals surface area contributed by atoms with Crippen LogP contribution >= 0.6 is 0 Å². The Balaban J connectivity index is 1.39. The van der Waals surface area contributed by atoms with Crippen molar-refractivity contribution in [3.8, 4) is 0 Å². The summed E-state index contributed by atoms with van der Waals surface area (Å²) in [4.78, 5) is 7.24. The third kappa shape index (κ3) is 2.13. The zero-order valence-electron chi connectivity index (χ0n) is 12.2. The van der Waals surface area contributed by atoms with E-state index in [4.69, 9.17) is 4.42 Å². The van der Waals surface area contributed by atoms with Crippen molar-refractivity contribution in [2.75, 3.05) is 25.0 Å². The number of oxazole rings is 1. The van der Waals surface area contributed by atoms with Crippen LogP contribution in [0.25, 0.3) is 11.1 Å². The molecule has 1 unspecified atom stereocenters. The van der Waals surface area contributed by atoms with E-state index in [-0.39, 0.29) is 0 Å². The molecule has 1 atom stereocenters. The first kappa shape index (κ1) is 12.0. The minimum absolute atomic E-state index is 0.579. The van der Waals surface area contributed by atoms with Crippen molar-refractivity contribution in [3.05, 3.63) is 24.1 Å². The van der Waals surface area contributed by atoms with E-state index in [0.717, 1.165) is 22.9 Å². The molecule has 1 N–H and O–H groups in total.